The molecule has 0 aliphatic heterocycles. The fraction of sp³-hybridized carbons (Fsp3) is 0.250. The van der Waals surface area contributed by atoms with Crippen LogP contribution in [0, 0.1) is 6.92 Å². The molecule has 1 aromatic rings. The number of hydrogen-bond acceptors (Lipinski definition) is 2. The average molecular weight is 170 g/mol. The van der Waals surface area contributed by atoms with E-state index in [1.54, 1.807) is 6.07 Å². The molecule has 11 heavy (non-hydrogen) atoms. The van der Waals surface area contributed by atoms with E-state index in [4.69, 9.17) is 0 Å². The number of aryl methyl sites for hydroxylation is 1. The fourth-order valence-electron chi connectivity index (χ4n) is 0.815. The highest BCUT2D eigenvalue weighted by Gasteiger charge is 2.00. The molecular formula is C8H10O2S. The molecule has 1 unspecified atom stereocenters. The van der Waals surface area contributed by atoms with Crippen molar-refractivity contribution in [2.45, 2.75) is 11.8 Å². The van der Waals surface area contributed by atoms with E-state index in [-0.39, 0.29) is 0 Å². The van der Waals surface area contributed by atoms with Crippen molar-refractivity contribution in [3.8, 4) is 0 Å². The molecule has 0 saturated carbocycles. The third-order valence-corrected chi connectivity index (χ3v) is 2.27. The Kier molecular flexibility index (Phi) is 2.79. The first-order valence-corrected chi connectivity index (χ1v) is 4.34. The maximum Gasteiger partial charge on any atom is 0.188 e. The van der Waals surface area contributed by atoms with E-state index < -0.39 is 11.1 Å². The normalized spacial score (nSPS) is 12.9. The first-order chi connectivity index (χ1) is 5.24. The van der Waals surface area contributed by atoms with Crippen molar-refractivity contribution in [1.29, 1.82) is 0 Å². The Labute approximate surface area is 68.9 Å². The molecule has 0 radical (unpaired) electrons. The van der Waals surface area contributed by atoms with E-state index >= 15 is 0 Å². The first kappa shape index (κ1) is 8.43. The van der Waals surface area contributed by atoms with E-state index in [9.17, 15) is 4.21 Å². The molecule has 0 amide bonds. The molecule has 0 heterocycles. The summed E-state index contributed by atoms with van der Waals surface area (Å²) in [6.07, 6.45) is 0. The molecule has 1 atom stereocenters. The van der Waals surface area contributed by atoms with Crippen LogP contribution in [0.1, 0.15) is 5.56 Å². The van der Waals surface area contributed by atoms with Crippen LogP contribution in [-0.4, -0.2) is 11.3 Å². The topological polar surface area (TPSA) is 26.3 Å². The fourth-order valence-corrected chi connectivity index (χ4v) is 1.48. The standard InChI is InChI=1S/C8H10O2S/c1-7-4-3-5-8(6-7)11(9)10-2/h3-6H,1-2H3. The van der Waals surface area contributed by atoms with Crippen LogP contribution in [0.2, 0.25) is 0 Å². The Hall–Kier alpha value is -0.670. The lowest BCUT2D eigenvalue weighted by Gasteiger charge is -1.98. The maximum absolute atomic E-state index is 11.1. The van der Waals surface area contributed by atoms with Gasteiger partial charge in [-0.25, -0.2) is 4.21 Å². The molecule has 0 spiro atoms. The van der Waals surface area contributed by atoms with Crippen molar-refractivity contribution in [2.24, 2.45) is 0 Å². The monoisotopic (exact) mass is 170 g/mol. The highest BCUT2D eigenvalue weighted by Crippen LogP contribution is 2.08. The summed E-state index contributed by atoms with van der Waals surface area (Å²) in [5, 5.41) is 0. The van der Waals surface area contributed by atoms with Gasteiger partial charge >= 0.3 is 0 Å². The predicted molar refractivity (Wildman–Crippen MR) is 44.6 cm³/mol. The molecule has 0 aliphatic carbocycles. The Morgan fingerprint density at radius 3 is 2.73 bits per heavy atom. The van der Waals surface area contributed by atoms with Crippen LogP contribution in [0.25, 0.3) is 0 Å². The SMILES string of the molecule is COS(=O)c1cccc(C)c1. The third kappa shape index (κ3) is 2.13. The lowest BCUT2D eigenvalue weighted by Crippen LogP contribution is -1.92. The molecule has 0 aromatic heterocycles. The van der Waals surface area contributed by atoms with Crippen molar-refractivity contribution in [3.05, 3.63) is 29.8 Å². The zero-order valence-corrected chi connectivity index (χ0v) is 7.35. The van der Waals surface area contributed by atoms with E-state index in [0.717, 1.165) is 5.56 Å². The molecule has 60 valence electrons. The minimum Gasteiger partial charge on any atom is -0.290 e. The molecule has 0 fully saturated rings. The van der Waals surface area contributed by atoms with Crippen LogP contribution < -0.4 is 0 Å². The van der Waals surface area contributed by atoms with Gasteiger partial charge in [-0.05, 0) is 24.6 Å². The molecule has 1 aromatic carbocycles. The van der Waals surface area contributed by atoms with Gasteiger partial charge in [0, 0.05) is 0 Å². The predicted octanol–water partition coefficient (Wildman–Crippen LogP) is 1.66. The summed E-state index contributed by atoms with van der Waals surface area (Å²) in [5.41, 5.74) is 1.09. The number of benzene rings is 1. The zero-order valence-electron chi connectivity index (χ0n) is 6.53. The van der Waals surface area contributed by atoms with Gasteiger partial charge in [0.25, 0.3) is 0 Å². The second-order valence-electron chi connectivity index (χ2n) is 2.22. The van der Waals surface area contributed by atoms with Gasteiger partial charge in [0.15, 0.2) is 11.1 Å². The molecule has 0 N–H and O–H groups in total. The van der Waals surface area contributed by atoms with Crippen molar-refractivity contribution in [1.82, 2.24) is 0 Å². The van der Waals surface area contributed by atoms with Crippen molar-refractivity contribution < 1.29 is 8.39 Å². The molecule has 0 bridgehead atoms. The summed E-state index contributed by atoms with van der Waals surface area (Å²) in [4.78, 5) is 0.715. The Morgan fingerprint density at radius 1 is 1.45 bits per heavy atom. The van der Waals surface area contributed by atoms with Crippen molar-refractivity contribution in [3.63, 3.8) is 0 Å². The molecule has 0 aliphatic rings. The van der Waals surface area contributed by atoms with Crippen LogP contribution >= 0.6 is 0 Å². The van der Waals surface area contributed by atoms with Gasteiger partial charge in [-0.3, -0.25) is 4.18 Å². The van der Waals surface area contributed by atoms with Crippen LogP contribution in [0.3, 0.4) is 0 Å². The highest BCUT2D eigenvalue weighted by atomic mass is 32.2. The first-order valence-electron chi connectivity index (χ1n) is 3.27. The van der Waals surface area contributed by atoms with Gasteiger partial charge in [0.2, 0.25) is 0 Å². The van der Waals surface area contributed by atoms with Gasteiger partial charge in [-0.2, -0.15) is 0 Å². The lowest BCUT2D eigenvalue weighted by molar-refractivity contribution is 0.445. The van der Waals surface area contributed by atoms with E-state index in [1.165, 1.54) is 7.11 Å². The minimum absolute atomic E-state index is 0.715. The maximum atomic E-state index is 11.1. The van der Waals surface area contributed by atoms with Crippen LogP contribution in [-0.2, 0) is 15.3 Å². The largest absolute Gasteiger partial charge is 0.290 e. The quantitative estimate of drug-likeness (QED) is 0.674. The van der Waals surface area contributed by atoms with Gasteiger partial charge < -0.3 is 0 Å². The van der Waals surface area contributed by atoms with Crippen molar-refractivity contribution in [2.75, 3.05) is 7.11 Å². The van der Waals surface area contributed by atoms with Crippen LogP contribution in [0.5, 0.6) is 0 Å². The smallest absolute Gasteiger partial charge is 0.188 e. The van der Waals surface area contributed by atoms with E-state index in [2.05, 4.69) is 4.18 Å². The number of rotatable bonds is 2. The molecular weight excluding hydrogens is 160 g/mol. The van der Waals surface area contributed by atoms with Crippen LogP contribution in [0.15, 0.2) is 29.2 Å². The Bertz CT molecular complexity index is 271. The van der Waals surface area contributed by atoms with Gasteiger partial charge in [-0.15, -0.1) is 0 Å². The summed E-state index contributed by atoms with van der Waals surface area (Å²) >= 11 is -1.30. The third-order valence-electron chi connectivity index (χ3n) is 1.33. The second kappa shape index (κ2) is 3.64. The summed E-state index contributed by atoms with van der Waals surface area (Å²) in [6.45, 7) is 1.95. The number of hydrogen-bond donors (Lipinski definition) is 0. The Balaban J connectivity index is 2.96. The van der Waals surface area contributed by atoms with Crippen molar-refractivity contribution >= 4 is 11.1 Å². The summed E-state index contributed by atoms with van der Waals surface area (Å²) in [5.74, 6) is 0. The molecule has 2 nitrogen and oxygen atoms in total. The lowest BCUT2D eigenvalue weighted by atomic mass is 10.2. The average Bonchev–Trinajstić information content (AvgIpc) is 2.03. The highest BCUT2D eigenvalue weighted by molar-refractivity contribution is 7.80. The minimum atomic E-state index is -1.30. The molecule has 3 heteroatoms. The zero-order chi connectivity index (χ0) is 8.27. The van der Waals surface area contributed by atoms with E-state index in [0.29, 0.717) is 4.90 Å². The summed E-state index contributed by atoms with van der Waals surface area (Å²) in [6, 6.07) is 7.45. The van der Waals surface area contributed by atoms with Gasteiger partial charge in [0.05, 0.1) is 12.0 Å². The van der Waals surface area contributed by atoms with Gasteiger partial charge in [-0.1, -0.05) is 12.1 Å². The summed E-state index contributed by atoms with van der Waals surface area (Å²) in [7, 11) is 1.43. The molecule has 0 saturated heterocycles. The molecule has 1 rings (SSSR count). The van der Waals surface area contributed by atoms with E-state index in [1.807, 2.05) is 25.1 Å². The second-order valence-corrected chi connectivity index (χ2v) is 3.49. The van der Waals surface area contributed by atoms with Gasteiger partial charge in [0.1, 0.15) is 0 Å². The van der Waals surface area contributed by atoms with Crippen LogP contribution in [0.4, 0.5) is 0 Å². The summed E-state index contributed by atoms with van der Waals surface area (Å²) < 4.78 is 15.7. The Morgan fingerprint density at radius 2 is 2.18 bits per heavy atom.